The fourth-order valence-corrected chi connectivity index (χ4v) is 18.1. The van der Waals surface area contributed by atoms with E-state index >= 15 is 56.7 Å². The molecule has 0 aromatic rings. The van der Waals surface area contributed by atoms with E-state index in [4.69, 9.17) is 0 Å². The Labute approximate surface area is 616 Å². The Hall–Kier alpha value is -6.97. The van der Waals surface area contributed by atoms with Crippen molar-refractivity contribution in [1.29, 1.82) is 0 Å². The van der Waals surface area contributed by atoms with E-state index in [2.05, 4.69) is 17.6 Å². The number of hydrogen-bond acceptors (Lipinski definition) is 12. The lowest BCUT2D eigenvalue weighted by Gasteiger charge is -2.51. The summed E-state index contributed by atoms with van der Waals surface area (Å²) >= 11 is 0. The van der Waals surface area contributed by atoms with Gasteiger partial charge in [0.05, 0.1) is 13.0 Å². The zero-order chi connectivity index (χ0) is 76.8. The van der Waals surface area contributed by atoms with Crippen LogP contribution in [0.25, 0.3) is 0 Å². The zero-order valence-corrected chi connectivity index (χ0v) is 63.7. The quantitative estimate of drug-likeness (QED) is 0.168. The maximum Gasteiger partial charge on any atom is 0.397 e. The number of halogens is 5. The first-order chi connectivity index (χ1) is 49.6. The van der Waals surface area contributed by atoms with Crippen molar-refractivity contribution in [2.45, 2.75) is 273 Å². The van der Waals surface area contributed by atoms with Gasteiger partial charge in [-0.25, -0.2) is 8.78 Å². The van der Waals surface area contributed by atoms with Crippen molar-refractivity contribution in [1.82, 2.24) is 59.6 Å². The van der Waals surface area contributed by atoms with Gasteiger partial charge in [-0.2, -0.15) is 13.2 Å². The Morgan fingerprint density at radius 1 is 0.600 bits per heavy atom. The molecule has 588 valence electrons. The highest BCUT2D eigenvalue weighted by atomic mass is 19.4. The second-order valence-electron chi connectivity index (χ2n) is 32.7. The van der Waals surface area contributed by atoms with Gasteiger partial charge >= 0.3 is 6.18 Å². The van der Waals surface area contributed by atoms with Gasteiger partial charge in [0.1, 0.15) is 78.2 Å². The van der Waals surface area contributed by atoms with E-state index in [-0.39, 0.29) is 95.7 Å². The molecule has 12 atom stereocenters. The number of alkyl halides is 5. The molecule has 5 saturated carbocycles. The average Bonchev–Trinajstić information content (AvgIpc) is 1.64. The van der Waals surface area contributed by atoms with E-state index in [0.717, 1.165) is 56.3 Å². The predicted molar refractivity (Wildman–Crippen MR) is 380 cm³/mol. The molecule has 2 bridgehead atoms. The molecule has 4 heterocycles. The Morgan fingerprint density at radius 2 is 1.18 bits per heavy atom. The van der Waals surface area contributed by atoms with Crippen molar-refractivity contribution in [2.24, 2.45) is 41.4 Å². The summed E-state index contributed by atoms with van der Waals surface area (Å²) in [4.78, 5) is 196. The van der Waals surface area contributed by atoms with Gasteiger partial charge in [-0.1, -0.05) is 90.7 Å². The number of hydrogen-bond donors (Lipinski definition) is 2. The molecule has 2 unspecified atom stereocenters. The molecule has 0 aromatic heterocycles. The van der Waals surface area contributed by atoms with E-state index in [0.29, 0.717) is 44.4 Å². The smallest absolute Gasteiger partial charge is 0.347 e. The fraction of sp³-hybridized carbons (Fsp3) is 0.816. The number of likely N-dealkylation sites (N-methyl/N-ethyl adjacent to an activating group) is 7. The summed E-state index contributed by atoms with van der Waals surface area (Å²) in [7, 11) is 11.6. The monoisotopic (exact) mass is 1480 g/mol. The van der Waals surface area contributed by atoms with Crippen molar-refractivity contribution in [3.8, 4) is 0 Å². The molecule has 9 aliphatic rings. The molecule has 24 nitrogen and oxygen atoms in total. The number of nitrogens with one attached hydrogen (secondary N) is 2. The molecule has 9 rings (SSSR count). The molecule has 3 saturated heterocycles. The zero-order valence-electron chi connectivity index (χ0n) is 63.7. The van der Waals surface area contributed by atoms with Gasteiger partial charge in [0.15, 0.2) is 0 Å². The Morgan fingerprint density at radius 3 is 1.74 bits per heavy atom. The maximum absolute atomic E-state index is 15.6. The number of carbonyl (C=O) groups excluding carboxylic acids is 12. The number of fused-ring (bicyclic) bond motifs is 4. The topological polar surface area (TPSA) is 261 Å². The van der Waals surface area contributed by atoms with Gasteiger partial charge in [0.2, 0.25) is 70.9 Å². The second-order valence-corrected chi connectivity index (χ2v) is 32.7. The highest BCUT2D eigenvalue weighted by Gasteiger charge is 2.57. The molecular formula is C76H117F5N12O12. The van der Waals surface area contributed by atoms with Crippen molar-refractivity contribution in [3.05, 3.63) is 12.2 Å². The third-order valence-electron chi connectivity index (χ3n) is 25.5. The minimum Gasteiger partial charge on any atom is -0.347 e. The van der Waals surface area contributed by atoms with Crippen LogP contribution in [0.15, 0.2) is 12.2 Å². The van der Waals surface area contributed by atoms with Gasteiger partial charge in [0.25, 0.3) is 0 Å². The molecule has 0 aromatic carbocycles. The summed E-state index contributed by atoms with van der Waals surface area (Å²) in [6.45, 7) is 5.30. The third kappa shape index (κ3) is 18.4. The third-order valence-corrected chi connectivity index (χ3v) is 25.5. The second kappa shape index (κ2) is 34.9. The number of nitrogens with zero attached hydrogens (tertiary/aromatic N) is 10. The average molecular weight is 1490 g/mol. The Bertz CT molecular complexity index is 3200. The Balaban J connectivity index is 1.10. The molecule has 8 fully saturated rings. The van der Waals surface area contributed by atoms with Crippen LogP contribution in [0.3, 0.4) is 0 Å². The molecule has 2 N–H and O–H groups in total. The lowest BCUT2D eigenvalue weighted by atomic mass is 9.73. The van der Waals surface area contributed by atoms with Crippen LogP contribution in [-0.4, -0.2) is 281 Å². The summed E-state index contributed by atoms with van der Waals surface area (Å²) in [6, 6.07) is -11.2. The normalized spacial score (nSPS) is 33.7. The van der Waals surface area contributed by atoms with Crippen LogP contribution < -0.4 is 10.6 Å². The van der Waals surface area contributed by atoms with Crippen LogP contribution in [0.1, 0.15) is 194 Å². The van der Waals surface area contributed by atoms with Gasteiger partial charge in [-0.15, -0.1) is 0 Å². The maximum atomic E-state index is 15.6. The first kappa shape index (κ1) is 82.1. The van der Waals surface area contributed by atoms with Crippen LogP contribution in [0.2, 0.25) is 0 Å². The molecule has 0 radical (unpaired) electrons. The highest BCUT2D eigenvalue weighted by Crippen LogP contribution is 2.46. The van der Waals surface area contributed by atoms with Gasteiger partial charge < -0.3 is 59.6 Å². The van der Waals surface area contributed by atoms with E-state index in [1.54, 1.807) is 13.0 Å². The summed E-state index contributed by atoms with van der Waals surface area (Å²) < 4.78 is 72.7. The van der Waals surface area contributed by atoms with Crippen LogP contribution in [-0.2, 0) is 57.5 Å². The van der Waals surface area contributed by atoms with Gasteiger partial charge in [-0.3, -0.25) is 57.5 Å². The standard InChI is InChI=1S/C76H117F5N12O12/c1-12-46(3)63-72(103)92-38-18-24-55(92)69(100)87(8)54-23-14-13-17-36-93(71(54)102)59(42-47-28-26-45(2)27-29-47)68(99)85(6)44-60(94)82-53(33-32-49-39-51(77)62(52(78)40-49)76(79,80)81)66(97)91-37-19-25-56(91)70(101)90(11)75(34-20-35-75)74(105)89(10)64(50-21-15-16-22-50)73(104)88(9)58(67(98)84(4)5)43-61(95)86(7)57(65(96)83-63)41-48-30-31-48/h13-14,45-59,62-64H,12,15-44H2,1-11H3,(H,82,94)(H,83,96)/b14-13-/t45?,46-,47?,49?,51?,52?,53-,54-,55-,56-,57-,58-,59-,62?,63-,64-/m0/s1. The summed E-state index contributed by atoms with van der Waals surface area (Å²) in [5, 5.41) is 5.76. The van der Waals surface area contributed by atoms with E-state index < -0.39 is 199 Å². The number of carbonyl (C=O) groups is 12. The van der Waals surface area contributed by atoms with Crippen molar-refractivity contribution in [3.63, 3.8) is 0 Å². The summed E-state index contributed by atoms with van der Waals surface area (Å²) in [5.41, 5.74) is -1.54. The van der Waals surface area contributed by atoms with Crippen LogP contribution in [0.5, 0.6) is 0 Å². The van der Waals surface area contributed by atoms with Crippen molar-refractivity contribution >= 4 is 70.9 Å². The predicted octanol–water partition coefficient (Wildman–Crippen LogP) is 6.42. The summed E-state index contributed by atoms with van der Waals surface area (Å²) in [6.07, 6.45) is 1.19. The van der Waals surface area contributed by atoms with Crippen molar-refractivity contribution < 1.29 is 79.5 Å². The number of amides is 12. The van der Waals surface area contributed by atoms with E-state index in [9.17, 15) is 22.8 Å². The first-order valence-electron chi connectivity index (χ1n) is 38.9. The van der Waals surface area contributed by atoms with Crippen LogP contribution in [0.4, 0.5) is 22.0 Å². The van der Waals surface area contributed by atoms with E-state index in [1.807, 2.05) is 13.0 Å². The van der Waals surface area contributed by atoms with Gasteiger partial charge in [0, 0.05) is 76.0 Å². The lowest BCUT2D eigenvalue weighted by molar-refractivity contribution is -0.219. The minimum atomic E-state index is -5.16. The van der Waals surface area contributed by atoms with Crippen molar-refractivity contribution in [2.75, 3.05) is 82.6 Å². The summed E-state index contributed by atoms with van der Waals surface area (Å²) in [5.74, 6) is -12.0. The Kier molecular flexibility index (Phi) is 27.3. The molecule has 12 amide bonds. The fourth-order valence-electron chi connectivity index (χ4n) is 18.1. The molecule has 105 heavy (non-hydrogen) atoms. The molecule has 29 heteroatoms. The first-order valence-corrected chi connectivity index (χ1v) is 38.9. The molecule has 5 aliphatic carbocycles. The largest absolute Gasteiger partial charge is 0.397 e. The van der Waals surface area contributed by atoms with Gasteiger partial charge in [-0.05, 0) is 145 Å². The molecule has 1 spiro atoms. The molecule has 4 aliphatic heterocycles. The molecular weight excluding hydrogens is 1370 g/mol. The lowest BCUT2D eigenvalue weighted by Crippen LogP contribution is -2.68. The minimum absolute atomic E-state index is 0.0211. The SMILES string of the molecule is CC[C@H](C)[C@@H]1NC(=O)[C@H](CC2CC2)N(C)C(=O)C[C@@H](C(=O)N(C)C)N(C)C(=O)[C@H](C2CCCC2)N(C)C(=O)C2(CCC2)N(C)C(=O)[C@@H]2CCCN2C(=O)[C@H](CCC2CC(F)C(C(F)(F)F)C(F)C2)NC(=O)CN(C)C(=O)[C@H](CC2CCC(C)CC2)N2CC/C=C\C[C@@H](C2=O)N(C)C(=O)[C@@H]2CCCN2C1=O. The highest BCUT2D eigenvalue weighted by molar-refractivity contribution is 6.01. The van der Waals surface area contributed by atoms with Crippen LogP contribution in [0, 0.1) is 41.4 Å². The van der Waals surface area contributed by atoms with Crippen LogP contribution >= 0.6 is 0 Å². The number of rotatable bonds is 11. The van der Waals surface area contributed by atoms with E-state index in [1.165, 1.54) is 100 Å².